The minimum atomic E-state index is 0.771. The molecule has 96 valence electrons. The molecule has 0 aliphatic carbocycles. The zero-order valence-electron chi connectivity index (χ0n) is 11.6. The average molecular weight is 226 g/mol. The van der Waals surface area contributed by atoms with Gasteiger partial charge in [-0.05, 0) is 58.7 Å². The molecule has 1 rings (SSSR count). The Bertz CT molecular complexity index is 170. The van der Waals surface area contributed by atoms with Gasteiger partial charge in [-0.15, -0.1) is 0 Å². The Labute approximate surface area is 102 Å². The van der Waals surface area contributed by atoms with Crippen LogP contribution >= 0.6 is 0 Å². The molecule has 2 heteroatoms. The van der Waals surface area contributed by atoms with Gasteiger partial charge in [0.25, 0.3) is 0 Å². The molecule has 0 spiro atoms. The molecule has 1 fully saturated rings. The molecule has 0 aromatic carbocycles. The summed E-state index contributed by atoms with van der Waals surface area (Å²) in [6.07, 6.45) is 5.50. The lowest BCUT2D eigenvalue weighted by Crippen LogP contribution is -2.44. The van der Waals surface area contributed by atoms with E-state index in [-0.39, 0.29) is 0 Å². The Morgan fingerprint density at radius 1 is 1.19 bits per heavy atom. The monoisotopic (exact) mass is 226 g/mol. The summed E-state index contributed by atoms with van der Waals surface area (Å²) in [5.74, 6) is 0.771. The van der Waals surface area contributed by atoms with Crippen molar-refractivity contribution in [3.63, 3.8) is 0 Å². The van der Waals surface area contributed by atoms with Crippen LogP contribution in [0.15, 0.2) is 0 Å². The highest BCUT2D eigenvalue weighted by Gasteiger charge is 2.23. The second kappa shape index (κ2) is 7.29. The van der Waals surface area contributed by atoms with Crippen molar-refractivity contribution in [1.82, 2.24) is 10.2 Å². The highest BCUT2D eigenvalue weighted by Crippen LogP contribution is 2.22. The lowest BCUT2D eigenvalue weighted by Gasteiger charge is -2.39. The third-order valence-electron chi connectivity index (χ3n) is 3.70. The van der Waals surface area contributed by atoms with Crippen molar-refractivity contribution in [2.45, 2.75) is 65.5 Å². The van der Waals surface area contributed by atoms with Gasteiger partial charge in [0.1, 0.15) is 0 Å². The van der Waals surface area contributed by atoms with E-state index in [0.717, 1.165) is 24.5 Å². The van der Waals surface area contributed by atoms with E-state index in [1.165, 1.54) is 38.8 Å². The van der Waals surface area contributed by atoms with Crippen LogP contribution in [0.2, 0.25) is 0 Å². The quantitative estimate of drug-likeness (QED) is 0.701. The van der Waals surface area contributed by atoms with E-state index in [4.69, 9.17) is 0 Å². The van der Waals surface area contributed by atoms with Gasteiger partial charge in [-0.1, -0.05) is 20.3 Å². The van der Waals surface area contributed by atoms with Gasteiger partial charge < -0.3 is 5.32 Å². The second-order valence-electron chi connectivity index (χ2n) is 5.82. The molecule has 0 amide bonds. The normalized spacial score (nSPS) is 27.6. The zero-order valence-corrected chi connectivity index (χ0v) is 11.6. The van der Waals surface area contributed by atoms with Crippen LogP contribution in [-0.2, 0) is 0 Å². The molecule has 1 N–H and O–H groups in total. The van der Waals surface area contributed by atoms with Crippen molar-refractivity contribution in [1.29, 1.82) is 0 Å². The summed E-state index contributed by atoms with van der Waals surface area (Å²) in [4.78, 5) is 2.69. The summed E-state index contributed by atoms with van der Waals surface area (Å²) < 4.78 is 0. The molecule has 0 bridgehead atoms. The number of hydrogen-bond donors (Lipinski definition) is 1. The lowest BCUT2D eigenvalue weighted by atomic mass is 9.97. The van der Waals surface area contributed by atoms with E-state index < -0.39 is 0 Å². The summed E-state index contributed by atoms with van der Waals surface area (Å²) in [5.41, 5.74) is 0. The summed E-state index contributed by atoms with van der Waals surface area (Å²) in [5, 5.41) is 3.53. The number of likely N-dealkylation sites (tertiary alicyclic amines) is 1. The summed E-state index contributed by atoms with van der Waals surface area (Å²) >= 11 is 0. The Morgan fingerprint density at radius 2 is 1.81 bits per heavy atom. The van der Waals surface area contributed by atoms with E-state index in [1.54, 1.807) is 0 Å². The molecular weight excluding hydrogens is 196 g/mol. The van der Waals surface area contributed by atoms with Gasteiger partial charge in [-0.25, -0.2) is 0 Å². The van der Waals surface area contributed by atoms with Gasteiger partial charge in [0.2, 0.25) is 0 Å². The van der Waals surface area contributed by atoms with Crippen LogP contribution in [0.5, 0.6) is 0 Å². The fourth-order valence-corrected chi connectivity index (χ4v) is 2.69. The first-order valence-electron chi connectivity index (χ1n) is 7.07. The fourth-order valence-electron chi connectivity index (χ4n) is 2.69. The van der Waals surface area contributed by atoms with E-state index >= 15 is 0 Å². The van der Waals surface area contributed by atoms with Gasteiger partial charge in [0, 0.05) is 12.1 Å². The van der Waals surface area contributed by atoms with Crippen molar-refractivity contribution < 1.29 is 0 Å². The number of hydrogen-bond acceptors (Lipinski definition) is 2. The van der Waals surface area contributed by atoms with Crippen molar-refractivity contribution in [3.05, 3.63) is 0 Å². The summed E-state index contributed by atoms with van der Waals surface area (Å²) in [7, 11) is 0. The highest BCUT2D eigenvalue weighted by atomic mass is 15.2. The predicted octanol–water partition coefficient (Wildman–Crippen LogP) is 2.89. The lowest BCUT2D eigenvalue weighted by molar-refractivity contribution is 0.102. The van der Waals surface area contributed by atoms with E-state index in [9.17, 15) is 0 Å². The van der Waals surface area contributed by atoms with Gasteiger partial charge in [0.05, 0.1) is 0 Å². The van der Waals surface area contributed by atoms with E-state index in [2.05, 4.69) is 37.9 Å². The number of nitrogens with zero attached hydrogens (tertiary/aromatic N) is 1. The molecule has 1 aliphatic rings. The van der Waals surface area contributed by atoms with Crippen LogP contribution in [0.4, 0.5) is 0 Å². The first kappa shape index (κ1) is 14.0. The van der Waals surface area contributed by atoms with Crippen molar-refractivity contribution in [3.8, 4) is 0 Å². The molecule has 2 atom stereocenters. The number of piperidine rings is 1. The molecule has 0 saturated carbocycles. The molecule has 2 unspecified atom stereocenters. The van der Waals surface area contributed by atoms with Crippen molar-refractivity contribution >= 4 is 0 Å². The SMILES string of the molecule is CC(C)CNCCCN1C(C)CCCC1C. The zero-order chi connectivity index (χ0) is 12.0. The Balaban J connectivity index is 2.10. The Morgan fingerprint density at radius 3 is 2.38 bits per heavy atom. The van der Waals surface area contributed by atoms with Crippen LogP contribution in [-0.4, -0.2) is 36.6 Å². The number of rotatable bonds is 6. The van der Waals surface area contributed by atoms with Crippen LogP contribution < -0.4 is 5.32 Å². The van der Waals surface area contributed by atoms with E-state index in [0.29, 0.717) is 0 Å². The second-order valence-corrected chi connectivity index (χ2v) is 5.82. The van der Waals surface area contributed by atoms with Crippen molar-refractivity contribution in [2.75, 3.05) is 19.6 Å². The molecule has 16 heavy (non-hydrogen) atoms. The van der Waals surface area contributed by atoms with Crippen molar-refractivity contribution in [2.24, 2.45) is 5.92 Å². The van der Waals surface area contributed by atoms with Crippen LogP contribution in [0, 0.1) is 5.92 Å². The Hall–Kier alpha value is -0.0800. The average Bonchev–Trinajstić information content (AvgIpc) is 2.21. The summed E-state index contributed by atoms with van der Waals surface area (Å²) in [6, 6.07) is 1.60. The smallest absolute Gasteiger partial charge is 0.00697 e. The largest absolute Gasteiger partial charge is 0.316 e. The maximum Gasteiger partial charge on any atom is 0.00697 e. The van der Waals surface area contributed by atoms with Crippen LogP contribution in [0.1, 0.15) is 53.4 Å². The maximum atomic E-state index is 3.53. The van der Waals surface area contributed by atoms with Gasteiger partial charge >= 0.3 is 0 Å². The predicted molar refractivity (Wildman–Crippen MR) is 71.8 cm³/mol. The van der Waals surface area contributed by atoms with Crippen LogP contribution in [0.3, 0.4) is 0 Å². The number of nitrogens with one attached hydrogen (secondary N) is 1. The minimum absolute atomic E-state index is 0.771. The molecule has 0 aromatic rings. The minimum Gasteiger partial charge on any atom is -0.316 e. The molecule has 2 nitrogen and oxygen atoms in total. The first-order chi connectivity index (χ1) is 7.61. The van der Waals surface area contributed by atoms with Gasteiger partial charge in [-0.2, -0.15) is 0 Å². The fraction of sp³-hybridized carbons (Fsp3) is 1.00. The first-order valence-corrected chi connectivity index (χ1v) is 7.07. The molecule has 1 heterocycles. The Kier molecular flexibility index (Phi) is 6.37. The molecular formula is C14H30N2. The molecule has 0 radical (unpaired) electrons. The molecule has 1 aliphatic heterocycles. The summed E-state index contributed by atoms with van der Waals surface area (Å²) in [6.45, 7) is 12.9. The van der Waals surface area contributed by atoms with E-state index in [1.807, 2.05) is 0 Å². The molecule has 0 aromatic heterocycles. The van der Waals surface area contributed by atoms with Crippen LogP contribution in [0.25, 0.3) is 0 Å². The maximum absolute atomic E-state index is 3.53. The third-order valence-corrected chi connectivity index (χ3v) is 3.70. The third kappa shape index (κ3) is 4.84. The van der Waals surface area contributed by atoms with Gasteiger partial charge in [0.15, 0.2) is 0 Å². The topological polar surface area (TPSA) is 15.3 Å². The highest BCUT2D eigenvalue weighted by molar-refractivity contribution is 4.79. The molecule has 1 saturated heterocycles. The van der Waals surface area contributed by atoms with Gasteiger partial charge in [-0.3, -0.25) is 4.90 Å². The standard InChI is InChI=1S/C14H30N2/c1-12(2)11-15-9-6-10-16-13(3)7-5-8-14(16)4/h12-15H,5-11H2,1-4H3.